The van der Waals surface area contributed by atoms with Crippen LogP contribution in [0.4, 0.5) is 0 Å². The van der Waals surface area contributed by atoms with Crippen molar-refractivity contribution in [1.82, 2.24) is 19.2 Å². The molecule has 2 amide bonds. The fourth-order valence-corrected chi connectivity index (χ4v) is 3.61. The number of aryl methyl sites for hydroxylation is 1. The van der Waals surface area contributed by atoms with E-state index < -0.39 is 6.04 Å². The SMILES string of the molecule is Cc1cccc(CN2CCN(C(=O)c3ccc4nccn4c3)C(C)C2=O)c1. The first-order valence-corrected chi connectivity index (χ1v) is 9.11. The van der Waals surface area contributed by atoms with Crippen LogP contribution in [0.2, 0.25) is 0 Å². The molecule has 6 heteroatoms. The highest BCUT2D eigenvalue weighted by Crippen LogP contribution is 2.18. The fourth-order valence-electron chi connectivity index (χ4n) is 3.61. The number of carbonyl (C=O) groups excluding carboxylic acids is 2. The van der Waals surface area contributed by atoms with Gasteiger partial charge in [-0.15, -0.1) is 0 Å². The Bertz CT molecular complexity index is 1010. The Kier molecular flexibility index (Phi) is 4.39. The molecule has 3 aromatic rings. The number of benzene rings is 1. The summed E-state index contributed by atoms with van der Waals surface area (Å²) in [7, 11) is 0. The van der Waals surface area contributed by atoms with Crippen molar-refractivity contribution in [2.45, 2.75) is 26.4 Å². The summed E-state index contributed by atoms with van der Waals surface area (Å²) >= 11 is 0. The summed E-state index contributed by atoms with van der Waals surface area (Å²) in [6.07, 6.45) is 5.27. The molecule has 1 saturated heterocycles. The first-order valence-electron chi connectivity index (χ1n) is 9.11. The highest BCUT2D eigenvalue weighted by Gasteiger charge is 2.34. The number of hydrogen-bond donors (Lipinski definition) is 0. The van der Waals surface area contributed by atoms with Crippen LogP contribution in [-0.2, 0) is 11.3 Å². The molecule has 0 aliphatic carbocycles. The highest BCUT2D eigenvalue weighted by atomic mass is 16.2. The van der Waals surface area contributed by atoms with Gasteiger partial charge in [0.2, 0.25) is 5.91 Å². The molecule has 1 unspecified atom stereocenters. The van der Waals surface area contributed by atoms with Crippen molar-refractivity contribution in [2.24, 2.45) is 0 Å². The normalized spacial score (nSPS) is 17.6. The number of piperazine rings is 1. The smallest absolute Gasteiger partial charge is 0.256 e. The van der Waals surface area contributed by atoms with E-state index in [1.54, 1.807) is 36.5 Å². The standard InChI is InChI=1S/C21H22N4O2/c1-15-4-3-5-17(12-15)13-24-10-11-25(16(2)20(24)26)21(27)18-6-7-19-22-8-9-23(19)14-18/h3-9,12,14,16H,10-11,13H2,1-2H3. The number of amides is 2. The number of fused-ring (bicyclic) bond motifs is 1. The van der Waals surface area contributed by atoms with E-state index in [2.05, 4.69) is 11.1 Å². The number of hydrogen-bond acceptors (Lipinski definition) is 3. The summed E-state index contributed by atoms with van der Waals surface area (Å²) in [6.45, 7) is 5.49. The van der Waals surface area contributed by atoms with Crippen molar-refractivity contribution in [3.63, 3.8) is 0 Å². The quantitative estimate of drug-likeness (QED) is 0.719. The van der Waals surface area contributed by atoms with Crippen molar-refractivity contribution >= 4 is 17.5 Å². The molecular weight excluding hydrogens is 340 g/mol. The van der Waals surface area contributed by atoms with Crippen molar-refractivity contribution in [3.05, 3.63) is 71.7 Å². The van der Waals surface area contributed by atoms with E-state index in [0.717, 1.165) is 11.2 Å². The van der Waals surface area contributed by atoms with Gasteiger partial charge in [-0.3, -0.25) is 9.59 Å². The molecule has 1 aliphatic rings. The van der Waals surface area contributed by atoms with Gasteiger partial charge >= 0.3 is 0 Å². The van der Waals surface area contributed by atoms with Crippen LogP contribution in [0, 0.1) is 6.92 Å². The fraction of sp³-hybridized carbons (Fsp3) is 0.286. The molecule has 1 atom stereocenters. The van der Waals surface area contributed by atoms with Crippen LogP contribution in [0.25, 0.3) is 5.65 Å². The molecule has 1 fully saturated rings. The molecule has 0 N–H and O–H groups in total. The zero-order chi connectivity index (χ0) is 19.0. The van der Waals surface area contributed by atoms with Crippen molar-refractivity contribution in [2.75, 3.05) is 13.1 Å². The molecule has 0 spiro atoms. The first kappa shape index (κ1) is 17.3. The molecule has 0 radical (unpaired) electrons. The molecule has 1 aromatic carbocycles. The van der Waals surface area contributed by atoms with Crippen LogP contribution in [0.1, 0.15) is 28.4 Å². The third-order valence-electron chi connectivity index (χ3n) is 5.10. The summed E-state index contributed by atoms with van der Waals surface area (Å²) in [5, 5.41) is 0. The largest absolute Gasteiger partial charge is 0.335 e. The van der Waals surface area contributed by atoms with Gasteiger partial charge in [-0.25, -0.2) is 4.98 Å². The molecular formula is C21H22N4O2. The van der Waals surface area contributed by atoms with Gasteiger partial charge in [-0.2, -0.15) is 0 Å². The minimum atomic E-state index is -0.477. The van der Waals surface area contributed by atoms with Crippen LogP contribution in [-0.4, -0.2) is 50.1 Å². The maximum Gasteiger partial charge on any atom is 0.256 e. The topological polar surface area (TPSA) is 57.9 Å². The Morgan fingerprint density at radius 1 is 1.22 bits per heavy atom. The molecule has 1 aliphatic heterocycles. The molecule has 4 rings (SSSR count). The minimum Gasteiger partial charge on any atom is -0.335 e. The number of imidazole rings is 1. The second-order valence-corrected chi connectivity index (χ2v) is 7.03. The van der Waals surface area contributed by atoms with Crippen LogP contribution in [0.3, 0.4) is 0 Å². The van der Waals surface area contributed by atoms with Gasteiger partial charge < -0.3 is 14.2 Å². The number of pyridine rings is 1. The number of aromatic nitrogens is 2. The predicted molar refractivity (Wildman–Crippen MR) is 102 cm³/mol. The average molecular weight is 362 g/mol. The zero-order valence-corrected chi connectivity index (χ0v) is 15.5. The van der Waals surface area contributed by atoms with Gasteiger partial charge in [-0.05, 0) is 31.5 Å². The molecule has 0 bridgehead atoms. The van der Waals surface area contributed by atoms with E-state index in [1.807, 2.05) is 40.5 Å². The summed E-state index contributed by atoms with van der Waals surface area (Å²) in [5.74, 6) is -0.138. The third-order valence-corrected chi connectivity index (χ3v) is 5.10. The summed E-state index contributed by atoms with van der Waals surface area (Å²) in [6, 6.07) is 11.3. The number of nitrogens with zero attached hydrogens (tertiary/aromatic N) is 4. The molecule has 27 heavy (non-hydrogen) atoms. The maximum absolute atomic E-state index is 13.0. The zero-order valence-electron chi connectivity index (χ0n) is 15.5. The van der Waals surface area contributed by atoms with E-state index in [9.17, 15) is 9.59 Å². The Labute approximate surface area is 158 Å². The summed E-state index contributed by atoms with van der Waals surface area (Å²) in [4.78, 5) is 33.5. The molecule has 6 nitrogen and oxygen atoms in total. The lowest BCUT2D eigenvalue weighted by Gasteiger charge is -2.39. The van der Waals surface area contributed by atoms with Gasteiger partial charge in [-0.1, -0.05) is 29.8 Å². The van der Waals surface area contributed by atoms with E-state index in [0.29, 0.717) is 25.2 Å². The van der Waals surface area contributed by atoms with Gasteiger partial charge in [0, 0.05) is 38.2 Å². The van der Waals surface area contributed by atoms with Gasteiger partial charge in [0.1, 0.15) is 11.7 Å². The monoisotopic (exact) mass is 362 g/mol. The van der Waals surface area contributed by atoms with E-state index >= 15 is 0 Å². The Morgan fingerprint density at radius 3 is 2.89 bits per heavy atom. The molecule has 2 aromatic heterocycles. The van der Waals surface area contributed by atoms with E-state index in [1.165, 1.54) is 5.56 Å². The van der Waals surface area contributed by atoms with Gasteiger partial charge in [0.25, 0.3) is 5.91 Å². The second kappa shape index (κ2) is 6.87. The maximum atomic E-state index is 13.0. The molecule has 3 heterocycles. The molecule has 138 valence electrons. The lowest BCUT2D eigenvalue weighted by atomic mass is 10.1. The van der Waals surface area contributed by atoms with Crippen molar-refractivity contribution < 1.29 is 9.59 Å². The van der Waals surface area contributed by atoms with Crippen LogP contribution in [0.5, 0.6) is 0 Å². The Hall–Kier alpha value is -3.15. The van der Waals surface area contributed by atoms with Gasteiger partial charge in [0.05, 0.1) is 5.56 Å². The van der Waals surface area contributed by atoms with Crippen molar-refractivity contribution in [3.8, 4) is 0 Å². The van der Waals surface area contributed by atoms with Crippen molar-refractivity contribution in [1.29, 1.82) is 0 Å². The first-order chi connectivity index (χ1) is 13.0. The second-order valence-electron chi connectivity index (χ2n) is 7.03. The minimum absolute atomic E-state index is 0.0141. The third kappa shape index (κ3) is 3.30. The number of rotatable bonds is 3. The average Bonchev–Trinajstić information content (AvgIpc) is 3.13. The molecule has 0 saturated carbocycles. The summed E-state index contributed by atoms with van der Waals surface area (Å²) in [5.41, 5.74) is 3.64. The highest BCUT2D eigenvalue weighted by molar-refractivity contribution is 5.98. The Morgan fingerprint density at radius 2 is 2.07 bits per heavy atom. The lowest BCUT2D eigenvalue weighted by molar-refractivity contribution is -0.140. The van der Waals surface area contributed by atoms with E-state index in [4.69, 9.17) is 0 Å². The van der Waals surface area contributed by atoms with Crippen LogP contribution >= 0.6 is 0 Å². The number of carbonyl (C=O) groups is 2. The van der Waals surface area contributed by atoms with Gasteiger partial charge in [0.15, 0.2) is 0 Å². The van der Waals surface area contributed by atoms with E-state index in [-0.39, 0.29) is 11.8 Å². The lowest BCUT2D eigenvalue weighted by Crippen LogP contribution is -2.57. The predicted octanol–water partition coefficient (Wildman–Crippen LogP) is 2.52. The summed E-state index contributed by atoms with van der Waals surface area (Å²) < 4.78 is 1.81. The Balaban J connectivity index is 1.49. The van der Waals surface area contributed by atoms with Crippen LogP contribution in [0.15, 0.2) is 55.0 Å². The van der Waals surface area contributed by atoms with Crippen LogP contribution < -0.4 is 0 Å².